The SMILES string of the molecule is CC(C)N/C(=N\C=N)c1cn2c(n1)-c1ccc(OC(C)C3CN(C(C)C)C3)cc1OCC2. The molecule has 8 heteroatoms. The van der Waals surface area contributed by atoms with Crippen molar-refractivity contribution in [3.63, 3.8) is 0 Å². The van der Waals surface area contributed by atoms with Crippen molar-refractivity contribution in [2.45, 2.75) is 59.4 Å². The molecule has 0 bridgehead atoms. The van der Waals surface area contributed by atoms with E-state index in [0.29, 0.717) is 30.9 Å². The van der Waals surface area contributed by atoms with E-state index in [1.165, 1.54) is 0 Å². The predicted molar refractivity (Wildman–Crippen MR) is 127 cm³/mol. The van der Waals surface area contributed by atoms with E-state index in [-0.39, 0.29) is 12.1 Å². The number of rotatable bonds is 7. The lowest BCUT2D eigenvalue weighted by Gasteiger charge is -2.44. The topological polar surface area (TPSA) is 87.8 Å². The van der Waals surface area contributed by atoms with Crippen LogP contribution in [0.25, 0.3) is 11.4 Å². The Morgan fingerprint density at radius 2 is 2.06 bits per heavy atom. The van der Waals surface area contributed by atoms with Crippen molar-refractivity contribution in [3.05, 3.63) is 30.1 Å². The maximum atomic E-state index is 7.38. The molecule has 2 aliphatic heterocycles. The average molecular weight is 439 g/mol. The number of likely N-dealkylation sites (tertiary alicyclic amines) is 1. The Labute approximate surface area is 190 Å². The minimum absolute atomic E-state index is 0.157. The highest BCUT2D eigenvalue weighted by Gasteiger charge is 2.33. The lowest BCUT2D eigenvalue weighted by Crippen LogP contribution is -2.54. The largest absolute Gasteiger partial charge is 0.491 e. The molecule has 32 heavy (non-hydrogen) atoms. The second kappa shape index (κ2) is 9.32. The van der Waals surface area contributed by atoms with Crippen molar-refractivity contribution in [2.75, 3.05) is 19.7 Å². The molecule has 172 valence electrons. The number of amidine groups is 1. The first-order valence-corrected chi connectivity index (χ1v) is 11.4. The standard InChI is InChI=1S/C24H34N6O2/c1-15(2)27-23(26-14-25)21-13-29-8-9-31-22-10-19(6-7-20(22)24(29)28-21)32-17(5)18-11-30(12-18)16(3)4/h6-7,10,13-18H,8-9,11-12H2,1-5H3,(H2,25,26,27). The number of ether oxygens (including phenoxy) is 2. The third kappa shape index (κ3) is 4.65. The molecule has 8 nitrogen and oxygen atoms in total. The van der Waals surface area contributed by atoms with Crippen LogP contribution in [-0.2, 0) is 6.54 Å². The van der Waals surface area contributed by atoms with E-state index in [9.17, 15) is 0 Å². The average Bonchev–Trinajstić information content (AvgIpc) is 3.02. The molecule has 3 heterocycles. The van der Waals surface area contributed by atoms with E-state index < -0.39 is 0 Å². The van der Waals surface area contributed by atoms with Crippen LogP contribution >= 0.6 is 0 Å². The third-order valence-electron chi connectivity index (χ3n) is 6.08. The predicted octanol–water partition coefficient (Wildman–Crippen LogP) is 3.40. The molecule has 0 radical (unpaired) electrons. The van der Waals surface area contributed by atoms with E-state index in [2.05, 4.69) is 40.5 Å². The number of aromatic nitrogens is 2. The van der Waals surface area contributed by atoms with Crippen molar-refractivity contribution < 1.29 is 9.47 Å². The summed E-state index contributed by atoms with van der Waals surface area (Å²) in [5.41, 5.74) is 1.65. The minimum atomic E-state index is 0.157. The van der Waals surface area contributed by atoms with Crippen LogP contribution < -0.4 is 14.8 Å². The first kappa shape index (κ1) is 22.3. The number of imidazole rings is 1. The van der Waals surface area contributed by atoms with Crippen LogP contribution in [0, 0.1) is 11.3 Å². The van der Waals surface area contributed by atoms with Crippen molar-refractivity contribution in [3.8, 4) is 22.9 Å². The zero-order chi connectivity index (χ0) is 22.8. The fraction of sp³-hybridized carbons (Fsp3) is 0.542. The van der Waals surface area contributed by atoms with Gasteiger partial charge in [0.25, 0.3) is 0 Å². The van der Waals surface area contributed by atoms with Crippen LogP contribution in [0.1, 0.15) is 40.3 Å². The van der Waals surface area contributed by atoms with Crippen LogP contribution in [0.5, 0.6) is 11.5 Å². The summed E-state index contributed by atoms with van der Waals surface area (Å²) in [7, 11) is 0. The molecule has 1 atom stereocenters. The fourth-order valence-corrected chi connectivity index (χ4v) is 4.14. The number of aliphatic imine (C=N–C) groups is 1. The summed E-state index contributed by atoms with van der Waals surface area (Å²) in [4.78, 5) is 11.5. The number of nitrogens with zero attached hydrogens (tertiary/aromatic N) is 4. The van der Waals surface area contributed by atoms with Crippen LogP contribution in [0.3, 0.4) is 0 Å². The third-order valence-corrected chi connectivity index (χ3v) is 6.08. The number of hydrogen-bond donors (Lipinski definition) is 2. The highest BCUT2D eigenvalue weighted by molar-refractivity contribution is 6.01. The van der Waals surface area contributed by atoms with E-state index in [1.54, 1.807) is 0 Å². The molecular formula is C24H34N6O2. The van der Waals surface area contributed by atoms with Crippen LogP contribution in [-0.4, -0.2) is 64.5 Å². The van der Waals surface area contributed by atoms with Crippen LogP contribution in [0.2, 0.25) is 0 Å². The minimum Gasteiger partial charge on any atom is -0.491 e. The van der Waals surface area contributed by atoms with Gasteiger partial charge in [-0.25, -0.2) is 9.98 Å². The Balaban J connectivity index is 1.54. The summed E-state index contributed by atoms with van der Waals surface area (Å²) in [6, 6.07) is 6.79. The lowest BCUT2D eigenvalue weighted by molar-refractivity contribution is -0.000104. The Bertz CT molecular complexity index is 990. The Hall–Kier alpha value is -2.87. The zero-order valence-corrected chi connectivity index (χ0v) is 19.6. The van der Waals surface area contributed by atoms with Crippen molar-refractivity contribution >= 4 is 12.2 Å². The molecule has 1 unspecified atom stereocenters. The molecule has 1 aromatic heterocycles. The van der Waals surface area contributed by atoms with Gasteiger partial charge in [-0.15, -0.1) is 0 Å². The first-order chi connectivity index (χ1) is 15.4. The first-order valence-electron chi connectivity index (χ1n) is 11.4. The number of fused-ring (bicyclic) bond motifs is 3. The molecule has 0 aliphatic carbocycles. The van der Waals surface area contributed by atoms with E-state index in [0.717, 1.165) is 48.0 Å². The molecule has 0 amide bonds. The maximum absolute atomic E-state index is 7.38. The summed E-state index contributed by atoms with van der Waals surface area (Å²) in [5.74, 6) is 3.60. The molecule has 2 aromatic rings. The second-order valence-corrected chi connectivity index (χ2v) is 9.19. The molecule has 0 saturated carbocycles. The van der Waals surface area contributed by atoms with E-state index in [4.69, 9.17) is 19.9 Å². The zero-order valence-electron chi connectivity index (χ0n) is 19.6. The molecule has 1 aromatic carbocycles. The molecular weight excluding hydrogens is 404 g/mol. The van der Waals surface area contributed by atoms with Crippen molar-refractivity contribution in [2.24, 2.45) is 10.9 Å². The fourth-order valence-electron chi connectivity index (χ4n) is 4.14. The van der Waals surface area contributed by atoms with E-state index in [1.807, 2.05) is 38.2 Å². The van der Waals surface area contributed by atoms with Gasteiger partial charge < -0.3 is 24.3 Å². The smallest absolute Gasteiger partial charge is 0.155 e. The molecule has 1 fully saturated rings. The van der Waals surface area contributed by atoms with Gasteiger partial charge in [-0.1, -0.05) is 0 Å². The molecule has 2 aliphatic rings. The normalized spacial score (nSPS) is 17.8. The van der Waals surface area contributed by atoms with Gasteiger partial charge in [-0.2, -0.15) is 0 Å². The van der Waals surface area contributed by atoms with Crippen molar-refractivity contribution in [1.82, 2.24) is 19.8 Å². The summed E-state index contributed by atoms with van der Waals surface area (Å²) >= 11 is 0. The van der Waals surface area contributed by atoms with Gasteiger partial charge >= 0.3 is 0 Å². The highest BCUT2D eigenvalue weighted by atomic mass is 16.5. The lowest BCUT2D eigenvalue weighted by atomic mass is 9.93. The van der Waals surface area contributed by atoms with Crippen LogP contribution in [0.15, 0.2) is 29.4 Å². The second-order valence-electron chi connectivity index (χ2n) is 9.19. The van der Waals surface area contributed by atoms with Gasteiger partial charge in [-0.3, -0.25) is 5.41 Å². The van der Waals surface area contributed by atoms with Gasteiger partial charge in [-0.05, 0) is 46.8 Å². The van der Waals surface area contributed by atoms with Crippen molar-refractivity contribution in [1.29, 1.82) is 5.41 Å². The summed E-state index contributed by atoms with van der Waals surface area (Å²) in [6.45, 7) is 14.1. The summed E-state index contributed by atoms with van der Waals surface area (Å²) < 4.78 is 14.4. The maximum Gasteiger partial charge on any atom is 0.155 e. The van der Waals surface area contributed by atoms with Gasteiger partial charge in [0.05, 0.1) is 12.1 Å². The molecule has 1 saturated heterocycles. The quantitative estimate of drug-likeness (QED) is 0.511. The van der Waals surface area contributed by atoms with Gasteiger partial charge in [0.1, 0.15) is 42.1 Å². The van der Waals surface area contributed by atoms with Gasteiger partial charge in [0.2, 0.25) is 0 Å². The Morgan fingerprint density at radius 3 is 2.75 bits per heavy atom. The molecule has 2 N–H and O–H groups in total. The van der Waals surface area contributed by atoms with Gasteiger partial charge in [0.15, 0.2) is 5.84 Å². The molecule has 0 spiro atoms. The monoisotopic (exact) mass is 438 g/mol. The molecule has 4 rings (SSSR count). The number of benzene rings is 1. The number of hydrogen-bond acceptors (Lipinski definition) is 5. The van der Waals surface area contributed by atoms with Gasteiger partial charge in [0, 0.05) is 43.4 Å². The summed E-state index contributed by atoms with van der Waals surface area (Å²) in [6.07, 6.45) is 3.17. The number of nitrogens with one attached hydrogen (secondary N) is 2. The summed E-state index contributed by atoms with van der Waals surface area (Å²) in [5, 5.41) is 10.7. The van der Waals surface area contributed by atoms with E-state index >= 15 is 0 Å². The van der Waals surface area contributed by atoms with Crippen LogP contribution in [0.4, 0.5) is 0 Å². The highest BCUT2D eigenvalue weighted by Crippen LogP contribution is 2.36. The Kier molecular flexibility index (Phi) is 6.50. The Morgan fingerprint density at radius 1 is 1.28 bits per heavy atom.